The average molecular weight is 317 g/mol. The number of hydrogen-bond donors (Lipinski definition) is 1. The zero-order valence-electron chi connectivity index (χ0n) is 13.8. The van der Waals surface area contributed by atoms with E-state index < -0.39 is 0 Å². The lowest BCUT2D eigenvalue weighted by molar-refractivity contribution is 0.0941. The Morgan fingerprint density at radius 1 is 1.04 bits per heavy atom. The molecule has 0 radical (unpaired) electrons. The van der Waals surface area contributed by atoms with Crippen molar-refractivity contribution in [3.63, 3.8) is 0 Å². The van der Waals surface area contributed by atoms with Crippen molar-refractivity contribution >= 4 is 5.91 Å². The van der Waals surface area contributed by atoms with E-state index in [1.165, 1.54) is 12.8 Å². The summed E-state index contributed by atoms with van der Waals surface area (Å²) in [6.45, 7) is 0.696. The number of hydrogen-bond acceptors (Lipinski definition) is 4. The van der Waals surface area contributed by atoms with Crippen LogP contribution in [0.4, 0.5) is 0 Å². The van der Waals surface area contributed by atoms with Crippen LogP contribution in [-0.2, 0) is 0 Å². The summed E-state index contributed by atoms with van der Waals surface area (Å²) in [6.07, 6.45) is 7.01. The largest absolute Gasteiger partial charge is 0.496 e. The summed E-state index contributed by atoms with van der Waals surface area (Å²) in [7, 11) is 4.64. The number of fused-ring (bicyclic) bond motifs is 2. The molecule has 124 valence electrons. The van der Waals surface area contributed by atoms with E-state index in [1.54, 1.807) is 33.5 Å². The quantitative estimate of drug-likeness (QED) is 0.820. The Morgan fingerprint density at radius 3 is 2.30 bits per heavy atom. The van der Waals surface area contributed by atoms with Crippen LogP contribution in [0.1, 0.15) is 23.2 Å². The van der Waals surface area contributed by atoms with Crippen LogP contribution in [0.25, 0.3) is 0 Å². The molecule has 0 aliphatic heterocycles. The number of carbonyl (C=O) groups excluding carboxylic acids is 1. The van der Waals surface area contributed by atoms with Crippen molar-refractivity contribution in [2.24, 2.45) is 17.8 Å². The van der Waals surface area contributed by atoms with E-state index in [2.05, 4.69) is 17.5 Å². The van der Waals surface area contributed by atoms with Crippen molar-refractivity contribution in [2.45, 2.75) is 12.8 Å². The van der Waals surface area contributed by atoms with E-state index in [-0.39, 0.29) is 5.91 Å². The van der Waals surface area contributed by atoms with Crippen LogP contribution in [0.5, 0.6) is 17.2 Å². The Morgan fingerprint density at radius 2 is 1.74 bits per heavy atom. The molecule has 5 nitrogen and oxygen atoms in total. The Labute approximate surface area is 136 Å². The highest BCUT2D eigenvalue weighted by molar-refractivity contribution is 5.97. The first-order valence-electron chi connectivity index (χ1n) is 7.92. The second-order valence-corrected chi connectivity index (χ2v) is 6.16. The average Bonchev–Trinajstić information content (AvgIpc) is 3.21. The lowest BCUT2D eigenvalue weighted by Crippen LogP contribution is -2.31. The van der Waals surface area contributed by atoms with Gasteiger partial charge in [-0.15, -0.1) is 0 Å². The van der Waals surface area contributed by atoms with Gasteiger partial charge >= 0.3 is 0 Å². The van der Waals surface area contributed by atoms with Gasteiger partial charge in [-0.05, 0) is 30.6 Å². The maximum atomic E-state index is 12.5. The van der Waals surface area contributed by atoms with E-state index in [0.29, 0.717) is 47.1 Å². The minimum atomic E-state index is -0.144. The summed E-state index contributed by atoms with van der Waals surface area (Å²) in [5.74, 6) is 3.26. The Balaban J connectivity index is 1.72. The molecule has 5 heteroatoms. The molecule has 0 spiro atoms. The van der Waals surface area contributed by atoms with Crippen LogP contribution in [0.15, 0.2) is 24.3 Å². The molecule has 23 heavy (non-hydrogen) atoms. The van der Waals surface area contributed by atoms with Gasteiger partial charge in [0.05, 0.1) is 26.9 Å². The number of ether oxygens (including phenoxy) is 3. The van der Waals surface area contributed by atoms with E-state index in [0.717, 1.165) is 0 Å². The number of nitrogens with one attached hydrogen (secondary N) is 1. The molecule has 1 saturated carbocycles. The fourth-order valence-corrected chi connectivity index (χ4v) is 3.65. The Bertz CT molecular complexity index is 626. The van der Waals surface area contributed by atoms with Gasteiger partial charge < -0.3 is 19.5 Å². The predicted octanol–water partition coefficient (Wildman–Crippen LogP) is 2.65. The number of rotatable bonds is 6. The van der Waals surface area contributed by atoms with Crippen LogP contribution in [-0.4, -0.2) is 33.8 Å². The smallest absolute Gasteiger partial charge is 0.255 e. The van der Waals surface area contributed by atoms with Gasteiger partial charge in [-0.3, -0.25) is 4.79 Å². The van der Waals surface area contributed by atoms with Gasteiger partial charge in [0.1, 0.15) is 5.75 Å². The lowest BCUT2D eigenvalue weighted by atomic mass is 9.93. The van der Waals surface area contributed by atoms with E-state index in [4.69, 9.17) is 14.2 Å². The number of allylic oxidation sites excluding steroid dienone is 2. The fraction of sp³-hybridized carbons (Fsp3) is 0.500. The van der Waals surface area contributed by atoms with Gasteiger partial charge in [0.25, 0.3) is 5.91 Å². The summed E-state index contributed by atoms with van der Waals surface area (Å²) < 4.78 is 15.8. The van der Waals surface area contributed by atoms with Crippen molar-refractivity contribution in [3.05, 3.63) is 29.8 Å². The highest BCUT2D eigenvalue weighted by atomic mass is 16.5. The molecule has 2 bridgehead atoms. The molecule has 2 aliphatic rings. The molecule has 2 aliphatic carbocycles. The summed E-state index contributed by atoms with van der Waals surface area (Å²) >= 11 is 0. The van der Waals surface area contributed by atoms with Crippen LogP contribution < -0.4 is 19.5 Å². The van der Waals surface area contributed by atoms with Crippen LogP contribution >= 0.6 is 0 Å². The molecule has 1 fully saturated rings. The molecule has 0 heterocycles. The SMILES string of the molecule is COc1cc(OC)c(C(=O)NC[C@H]2C[C@@H]3C=C[C@H]2C3)cc1OC. The maximum absolute atomic E-state index is 12.5. The van der Waals surface area contributed by atoms with Gasteiger partial charge in [0.15, 0.2) is 11.5 Å². The highest BCUT2D eigenvalue weighted by Gasteiger charge is 2.35. The molecular formula is C18H23NO4. The first-order chi connectivity index (χ1) is 11.2. The molecule has 0 aromatic heterocycles. The third kappa shape index (κ3) is 3.00. The normalized spacial score (nSPS) is 24.6. The third-order valence-corrected chi connectivity index (χ3v) is 4.89. The van der Waals surface area contributed by atoms with Crippen LogP contribution in [0, 0.1) is 17.8 Å². The Hall–Kier alpha value is -2.17. The minimum Gasteiger partial charge on any atom is -0.496 e. The molecule has 3 atom stereocenters. The molecule has 1 amide bonds. The van der Waals surface area contributed by atoms with Gasteiger partial charge in [0.2, 0.25) is 0 Å². The molecule has 1 aromatic rings. The standard InChI is InChI=1S/C18H23NO4/c1-21-15-9-17(23-3)16(22-2)8-14(15)18(20)19-10-13-7-11-4-5-12(13)6-11/h4-5,8-9,11-13H,6-7,10H2,1-3H3,(H,19,20)/t11-,12+,13-/m1/s1. The van der Waals surface area contributed by atoms with E-state index in [9.17, 15) is 4.79 Å². The second-order valence-electron chi connectivity index (χ2n) is 6.16. The minimum absolute atomic E-state index is 0.144. The zero-order valence-corrected chi connectivity index (χ0v) is 13.8. The maximum Gasteiger partial charge on any atom is 0.255 e. The number of carbonyl (C=O) groups is 1. The van der Waals surface area contributed by atoms with Gasteiger partial charge in [0, 0.05) is 18.7 Å². The van der Waals surface area contributed by atoms with E-state index in [1.807, 2.05) is 0 Å². The summed E-state index contributed by atoms with van der Waals surface area (Å²) in [6, 6.07) is 3.34. The summed E-state index contributed by atoms with van der Waals surface area (Å²) in [5.41, 5.74) is 0.462. The predicted molar refractivity (Wildman–Crippen MR) is 87.3 cm³/mol. The van der Waals surface area contributed by atoms with Crippen LogP contribution in [0.2, 0.25) is 0 Å². The van der Waals surface area contributed by atoms with Crippen molar-refractivity contribution in [1.82, 2.24) is 5.32 Å². The lowest BCUT2D eigenvalue weighted by Gasteiger charge is -2.19. The molecule has 3 rings (SSSR count). The highest BCUT2D eigenvalue weighted by Crippen LogP contribution is 2.43. The molecule has 1 N–H and O–H groups in total. The summed E-state index contributed by atoms with van der Waals surface area (Å²) in [5, 5.41) is 3.04. The first kappa shape index (κ1) is 15.7. The molecule has 0 saturated heterocycles. The zero-order chi connectivity index (χ0) is 16.4. The number of benzene rings is 1. The summed E-state index contributed by atoms with van der Waals surface area (Å²) in [4.78, 5) is 12.5. The number of methoxy groups -OCH3 is 3. The van der Waals surface area contributed by atoms with Gasteiger partial charge in [-0.1, -0.05) is 12.2 Å². The van der Waals surface area contributed by atoms with Crippen molar-refractivity contribution in [2.75, 3.05) is 27.9 Å². The number of amides is 1. The van der Waals surface area contributed by atoms with Crippen molar-refractivity contribution < 1.29 is 19.0 Å². The first-order valence-corrected chi connectivity index (χ1v) is 7.92. The monoisotopic (exact) mass is 317 g/mol. The van der Waals surface area contributed by atoms with Gasteiger partial charge in [-0.2, -0.15) is 0 Å². The molecular weight excluding hydrogens is 294 g/mol. The molecule has 1 aromatic carbocycles. The van der Waals surface area contributed by atoms with Gasteiger partial charge in [-0.25, -0.2) is 0 Å². The second kappa shape index (κ2) is 6.52. The van der Waals surface area contributed by atoms with E-state index >= 15 is 0 Å². The fourth-order valence-electron chi connectivity index (χ4n) is 3.65. The third-order valence-electron chi connectivity index (χ3n) is 4.89. The topological polar surface area (TPSA) is 56.8 Å². The molecule has 0 unspecified atom stereocenters. The Kier molecular flexibility index (Phi) is 4.46. The van der Waals surface area contributed by atoms with Crippen molar-refractivity contribution in [3.8, 4) is 17.2 Å². The van der Waals surface area contributed by atoms with Crippen LogP contribution in [0.3, 0.4) is 0 Å². The van der Waals surface area contributed by atoms with Crippen molar-refractivity contribution in [1.29, 1.82) is 0 Å².